The van der Waals surface area contributed by atoms with Crippen LogP contribution < -0.4 is 5.32 Å². The number of hydrogen-bond donors (Lipinski definition) is 2. The van der Waals surface area contributed by atoms with E-state index in [-0.39, 0.29) is 5.69 Å². The van der Waals surface area contributed by atoms with Crippen molar-refractivity contribution in [1.82, 2.24) is 10.2 Å². The van der Waals surface area contributed by atoms with Gasteiger partial charge in [0.1, 0.15) is 0 Å². The van der Waals surface area contributed by atoms with E-state index in [4.69, 9.17) is 5.11 Å². The van der Waals surface area contributed by atoms with Crippen molar-refractivity contribution in [3.05, 3.63) is 30.0 Å². The molecular weight excluding hydrogens is 218 g/mol. The number of benzene rings is 1. The molecule has 0 bridgehead atoms. The fourth-order valence-electron chi connectivity index (χ4n) is 1.78. The molecule has 0 amide bonds. The predicted molar refractivity (Wildman–Crippen MR) is 63.1 cm³/mol. The number of nitrogens with zero attached hydrogens (tertiary/aromatic N) is 2. The Labute approximate surface area is 97.5 Å². The van der Waals surface area contributed by atoms with E-state index in [0.29, 0.717) is 17.2 Å². The van der Waals surface area contributed by atoms with Crippen molar-refractivity contribution in [3.8, 4) is 0 Å². The van der Waals surface area contributed by atoms with E-state index >= 15 is 0 Å². The van der Waals surface area contributed by atoms with Crippen LogP contribution in [0.1, 0.15) is 23.3 Å². The van der Waals surface area contributed by atoms with E-state index in [0.717, 1.165) is 18.2 Å². The van der Waals surface area contributed by atoms with Crippen LogP contribution in [0.2, 0.25) is 0 Å². The highest BCUT2D eigenvalue weighted by atomic mass is 16.4. The van der Waals surface area contributed by atoms with Crippen molar-refractivity contribution in [2.24, 2.45) is 0 Å². The Balaban J connectivity index is 2.21. The summed E-state index contributed by atoms with van der Waals surface area (Å²) >= 11 is 0. The Hall–Kier alpha value is -2.17. The lowest BCUT2D eigenvalue weighted by atomic mass is 10.1. The van der Waals surface area contributed by atoms with Gasteiger partial charge in [0.2, 0.25) is 0 Å². The molecule has 1 heterocycles. The first-order valence-electron chi connectivity index (χ1n) is 5.51. The minimum atomic E-state index is -1.05. The number of nitrogens with one attached hydrogen (secondary N) is 1. The molecule has 86 valence electrons. The van der Waals surface area contributed by atoms with Gasteiger partial charge in [-0.2, -0.15) is 0 Å². The van der Waals surface area contributed by atoms with Gasteiger partial charge in [0, 0.05) is 11.4 Å². The van der Waals surface area contributed by atoms with Gasteiger partial charge in [-0.1, -0.05) is 18.2 Å². The molecule has 0 spiro atoms. The van der Waals surface area contributed by atoms with Crippen molar-refractivity contribution in [3.63, 3.8) is 0 Å². The van der Waals surface area contributed by atoms with E-state index in [2.05, 4.69) is 15.5 Å². The zero-order valence-electron chi connectivity index (χ0n) is 9.05. The van der Waals surface area contributed by atoms with Gasteiger partial charge in [0.05, 0.1) is 11.2 Å². The highest BCUT2D eigenvalue weighted by Gasteiger charge is 2.25. The van der Waals surface area contributed by atoms with E-state index in [1.807, 2.05) is 24.3 Å². The van der Waals surface area contributed by atoms with Crippen LogP contribution in [0, 0.1) is 0 Å². The Kier molecular flexibility index (Phi) is 2.18. The number of aromatic nitrogens is 2. The molecule has 0 aliphatic heterocycles. The Bertz CT molecular complexity index is 593. The van der Waals surface area contributed by atoms with Gasteiger partial charge in [-0.25, -0.2) is 4.79 Å². The molecule has 2 aromatic rings. The molecule has 5 nitrogen and oxygen atoms in total. The zero-order valence-corrected chi connectivity index (χ0v) is 9.05. The monoisotopic (exact) mass is 229 g/mol. The third-order valence-corrected chi connectivity index (χ3v) is 2.80. The molecule has 0 atom stereocenters. The van der Waals surface area contributed by atoms with Crippen LogP contribution in [0.5, 0.6) is 0 Å². The van der Waals surface area contributed by atoms with Gasteiger partial charge in [-0.15, -0.1) is 10.2 Å². The summed E-state index contributed by atoms with van der Waals surface area (Å²) in [4.78, 5) is 11.1. The van der Waals surface area contributed by atoms with E-state index in [1.54, 1.807) is 0 Å². The molecule has 1 aliphatic rings. The summed E-state index contributed by atoms with van der Waals surface area (Å²) in [5.74, 6) is -1.05. The summed E-state index contributed by atoms with van der Waals surface area (Å²) in [6, 6.07) is 7.79. The number of carboxylic acids is 1. The third kappa shape index (κ3) is 1.80. The summed E-state index contributed by atoms with van der Waals surface area (Å²) in [6.45, 7) is 0. The molecule has 0 radical (unpaired) electrons. The smallest absolute Gasteiger partial charge is 0.358 e. The molecule has 2 N–H and O–H groups in total. The van der Waals surface area contributed by atoms with Crippen LogP contribution >= 0.6 is 0 Å². The summed E-state index contributed by atoms with van der Waals surface area (Å²) in [7, 11) is 0. The second kappa shape index (κ2) is 3.69. The molecule has 17 heavy (non-hydrogen) atoms. The average Bonchev–Trinajstić information content (AvgIpc) is 3.13. The molecule has 1 aliphatic carbocycles. The number of aromatic carboxylic acids is 1. The molecule has 1 aromatic carbocycles. The first-order valence-corrected chi connectivity index (χ1v) is 5.51. The van der Waals surface area contributed by atoms with Gasteiger partial charge in [0.25, 0.3) is 0 Å². The van der Waals surface area contributed by atoms with Gasteiger partial charge < -0.3 is 10.4 Å². The van der Waals surface area contributed by atoms with Crippen molar-refractivity contribution < 1.29 is 9.90 Å². The number of fused-ring (bicyclic) bond motifs is 1. The standard InChI is InChI=1S/C12H11N3O2/c16-12(17)11-10(13-7-5-6-7)8-3-1-2-4-9(8)14-15-11/h1-4,7H,5-6H2,(H,13,14)(H,16,17). The van der Waals surface area contributed by atoms with Gasteiger partial charge >= 0.3 is 5.97 Å². The van der Waals surface area contributed by atoms with Crippen molar-refractivity contribution in [2.45, 2.75) is 18.9 Å². The van der Waals surface area contributed by atoms with Crippen LogP contribution in [0.15, 0.2) is 24.3 Å². The molecule has 0 saturated heterocycles. The molecule has 1 aromatic heterocycles. The van der Waals surface area contributed by atoms with E-state index < -0.39 is 5.97 Å². The molecule has 1 saturated carbocycles. The number of carbonyl (C=O) groups is 1. The molecular formula is C12H11N3O2. The van der Waals surface area contributed by atoms with E-state index in [1.165, 1.54) is 0 Å². The Morgan fingerprint density at radius 1 is 1.29 bits per heavy atom. The highest BCUT2D eigenvalue weighted by molar-refractivity contribution is 6.02. The average molecular weight is 229 g/mol. The number of hydrogen-bond acceptors (Lipinski definition) is 4. The zero-order chi connectivity index (χ0) is 11.8. The highest BCUT2D eigenvalue weighted by Crippen LogP contribution is 2.30. The third-order valence-electron chi connectivity index (χ3n) is 2.80. The summed E-state index contributed by atoms with van der Waals surface area (Å²) in [5.41, 5.74) is 1.29. The second-order valence-electron chi connectivity index (χ2n) is 4.16. The van der Waals surface area contributed by atoms with Crippen LogP contribution in [-0.2, 0) is 0 Å². The quantitative estimate of drug-likeness (QED) is 0.840. The van der Waals surface area contributed by atoms with Crippen LogP contribution in [-0.4, -0.2) is 27.3 Å². The SMILES string of the molecule is O=C(O)c1nnc2ccccc2c1NC1CC1. The van der Waals surface area contributed by atoms with Crippen molar-refractivity contribution in [1.29, 1.82) is 0 Å². The summed E-state index contributed by atoms with van der Waals surface area (Å²) in [6.07, 6.45) is 2.16. The Morgan fingerprint density at radius 3 is 2.76 bits per heavy atom. The second-order valence-corrected chi connectivity index (χ2v) is 4.16. The molecule has 1 fully saturated rings. The fraction of sp³-hybridized carbons (Fsp3) is 0.250. The van der Waals surface area contributed by atoms with Crippen LogP contribution in [0.3, 0.4) is 0 Å². The molecule has 3 rings (SSSR count). The first-order chi connectivity index (χ1) is 8.25. The number of anilines is 1. The lowest BCUT2D eigenvalue weighted by molar-refractivity contribution is 0.0690. The lowest BCUT2D eigenvalue weighted by Gasteiger charge is -2.10. The number of carboxylic acid groups (broad SMARTS) is 1. The lowest BCUT2D eigenvalue weighted by Crippen LogP contribution is -2.11. The number of rotatable bonds is 3. The van der Waals surface area contributed by atoms with E-state index in [9.17, 15) is 4.79 Å². The normalized spacial score (nSPS) is 14.8. The maximum Gasteiger partial charge on any atom is 0.358 e. The van der Waals surface area contributed by atoms with Gasteiger partial charge in [-0.3, -0.25) is 0 Å². The maximum absolute atomic E-state index is 11.1. The van der Waals surface area contributed by atoms with Crippen LogP contribution in [0.25, 0.3) is 10.9 Å². The van der Waals surface area contributed by atoms with Gasteiger partial charge in [0.15, 0.2) is 5.69 Å². The van der Waals surface area contributed by atoms with Gasteiger partial charge in [-0.05, 0) is 18.9 Å². The predicted octanol–water partition coefficient (Wildman–Crippen LogP) is 1.90. The molecule has 0 unspecified atom stereocenters. The fourth-order valence-corrected chi connectivity index (χ4v) is 1.78. The summed E-state index contributed by atoms with van der Waals surface area (Å²) < 4.78 is 0. The topological polar surface area (TPSA) is 75.1 Å². The Morgan fingerprint density at radius 2 is 2.06 bits per heavy atom. The maximum atomic E-state index is 11.1. The van der Waals surface area contributed by atoms with Crippen molar-refractivity contribution in [2.75, 3.05) is 5.32 Å². The largest absolute Gasteiger partial charge is 0.476 e. The summed E-state index contributed by atoms with van der Waals surface area (Å²) in [5, 5.41) is 20.8. The minimum absolute atomic E-state index is 0.00407. The van der Waals surface area contributed by atoms with Crippen LogP contribution in [0.4, 0.5) is 5.69 Å². The minimum Gasteiger partial charge on any atom is -0.476 e. The van der Waals surface area contributed by atoms with Crippen molar-refractivity contribution >= 4 is 22.6 Å². The first kappa shape index (κ1) is 10.0. The molecule has 5 heteroatoms.